The van der Waals surface area contributed by atoms with Crippen molar-refractivity contribution in [1.82, 2.24) is 4.90 Å². The Kier molecular flexibility index (Phi) is 6.37. The number of benzene rings is 2. The second-order valence-corrected chi connectivity index (χ2v) is 12.3. The van der Waals surface area contributed by atoms with Gasteiger partial charge in [0.25, 0.3) is 15.9 Å². The van der Waals surface area contributed by atoms with Crippen LogP contribution < -0.4 is 4.72 Å². The van der Waals surface area contributed by atoms with Crippen molar-refractivity contribution in [3.8, 4) is 0 Å². The maximum atomic E-state index is 13.5. The van der Waals surface area contributed by atoms with Crippen molar-refractivity contribution >= 4 is 27.6 Å². The van der Waals surface area contributed by atoms with Crippen LogP contribution in [0.2, 0.25) is 0 Å². The molecule has 2 bridgehead atoms. The van der Waals surface area contributed by atoms with E-state index in [9.17, 15) is 26.8 Å². The van der Waals surface area contributed by atoms with Crippen LogP contribution in [0.25, 0.3) is 0 Å². The number of hydrogen-bond acceptors (Lipinski definition) is 5. The number of nitrogens with zero attached hydrogens (tertiary/aromatic N) is 1. The number of sulfonamides is 1. The second kappa shape index (κ2) is 8.89. The van der Waals surface area contributed by atoms with Gasteiger partial charge in [0.15, 0.2) is 18.2 Å². The summed E-state index contributed by atoms with van der Waals surface area (Å²) in [5, 5.41) is 0. The number of carbonyl (C=O) groups is 2. The summed E-state index contributed by atoms with van der Waals surface area (Å²) in [6, 6.07) is 7.84. The summed E-state index contributed by atoms with van der Waals surface area (Å²) in [5.41, 5.74) is 0.275. The molecule has 2 aromatic rings. The Hall–Kier alpha value is -3.01. The molecule has 2 aliphatic rings. The molecule has 0 radical (unpaired) electrons. The number of ether oxygens (including phenoxy) is 1. The van der Waals surface area contributed by atoms with Crippen LogP contribution in [0.15, 0.2) is 47.4 Å². The van der Waals surface area contributed by atoms with Gasteiger partial charge < -0.3 is 9.64 Å². The molecule has 1 aliphatic heterocycles. The van der Waals surface area contributed by atoms with Crippen molar-refractivity contribution in [2.24, 2.45) is 10.8 Å². The predicted molar refractivity (Wildman–Crippen MR) is 125 cm³/mol. The number of likely N-dealkylation sites (tertiary alicyclic amines) is 1. The van der Waals surface area contributed by atoms with E-state index >= 15 is 0 Å². The molecule has 4 rings (SSSR count). The summed E-state index contributed by atoms with van der Waals surface area (Å²) in [6.07, 6.45) is 2.88. The third-order valence-electron chi connectivity index (χ3n) is 6.61. The Balaban J connectivity index is 1.39. The van der Waals surface area contributed by atoms with Gasteiger partial charge in [-0.3, -0.25) is 9.52 Å². The maximum absolute atomic E-state index is 13.5. The van der Waals surface area contributed by atoms with Gasteiger partial charge in [0, 0.05) is 18.3 Å². The standard InChI is InChI=1S/C25H28F2N2O5S/c1-24(2)11-18-12-25(3,14-24)15-29(18)22(30)13-34-23(31)16-5-4-6-17(9-16)28-35(32,33)19-7-8-20(26)21(27)10-19/h4-10,18,28H,11-15H2,1-3H3. The lowest BCUT2D eigenvalue weighted by molar-refractivity contribution is -0.135. The number of halogens is 2. The Morgan fingerprint density at radius 3 is 2.54 bits per heavy atom. The lowest BCUT2D eigenvalue weighted by atomic mass is 9.65. The van der Waals surface area contributed by atoms with E-state index in [1.165, 1.54) is 24.3 Å². The normalized spacial score (nSPS) is 23.1. The molecule has 0 aromatic heterocycles. The van der Waals surface area contributed by atoms with Gasteiger partial charge in [0.1, 0.15) is 0 Å². The van der Waals surface area contributed by atoms with Crippen LogP contribution in [-0.2, 0) is 19.6 Å². The topological polar surface area (TPSA) is 92.8 Å². The number of carbonyl (C=O) groups excluding carboxylic acids is 2. The van der Waals surface area contributed by atoms with E-state index in [4.69, 9.17) is 4.74 Å². The SMILES string of the molecule is CC1(C)CC2CC(C)(CN2C(=O)COC(=O)c2cccc(NS(=O)(=O)c3ccc(F)c(F)c3)c2)C1. The Bertz CT molecular complexity index is 1280. The van der Waals surface area contributed by atoms with Crippen LogP contribution in [0.3, 0.4) is 0 Å². The molecule has 2 atom stereocenters. The monoisotopic (exact) mass is 506 g/mol. The summed E-state index contributed by atoms with van der Waals surface area (Å²) in [5.74, 6) is -3.49. The van der Waals surface area contributed by atoms with Crippen LogP contribution in [-0.4, -0.2) is 44.4 Å². The highest BCUT2D eigenvalue weighted by atomic mass is 32.2. The average molecular weight is 507 g/mol. The Morgan fingerprint density at radius 1 is 1.09 bits per heavy atom. The zero-order valence-electron chi connectivity index (χ0n) is 19.8. The van der Waals surface area contributed by atoms with Gasteiger partial charge in [-0.1, -0.05) is 26.8 Å². The number of esters is 1. The Labute approximate surface area is 203 Å². The maximum Gasteiger partial charge on any atom is 0.338 e. The molecule has 10 heteroatoms. The van der Waals surface area contributed by atoms with Gasteiger partial charge in [-0.05, 0) is 66.5 Å². The van der Waals surface area contributed by atoms with Crippen LogP contribution in [0.4, 0.5) is 14.5 Å². The largest absolute Gasteiger partial charge is 0.452 e. The summed E-state index contributed by atoms with van der Waals surface area (Å²) >= 11 is 0. The van der Waals surface area contributed by atoms with Crippen molar-refractivity contribution < 1.29 is 31.5 Å². The first-order chi connectivity index (χ1) is 16.3. The molecule has 1 aliphatic carbocycles. The number of fused-ring (bicyclic) bond motifs is 2. The molecule has 2 unspecified atom stereocenters. The molecule has 0 spiro atoms. The zero-order valence-corrected chi connectivity index (χ0v) is 20.6. The third kappa shape index (κ3) is 5.47. The van der Waals surface area contributed by atoms with Crippen LogP contribution >= 0.6 is 0 Å². The third-order valence-corrected chi connectivity index (χ3v) is 7.99. The molecule has 7 nitrogen and oxygen atoms in total. The number of amides is 1. The summed E-state index contributed by atoms with van der Waals surface area (Å²) in [7, 11) is -4.23. The van der Waals surface area contributed by atoms with Crippen molar-refractivity contribution in [3.63, 3.8) is 0 Å². The summed E-state index contributed by atoms with van der Waals surface area (Å²) in [6.45, 7) is 6.83. The fraction of sp³-hybridized carbons (Fsp3) is 0.440. The highest BCUT2D eigenvalue weighted by Crippen LogP contribution is 2.52. The van der Waals surface area contributed by atoms with E-state index in [2.05, 4.69) is 25.5 Å². The lowest BCUT2D eigenvalue weighted by Gasteiger charge is -2.39. The van der Waals surface area contributed by atoms with E-state index in [0.29, 0.717) is 18.7 Å². The van der Waals surface area contributed by atoms with Gasteiger partial charge in [0.2, 0.25) is 0 Å². The van der Waals surface area contributed by atoms with Crippen molar-refractivity contribution in [1.29, 1.82) is 0 Å². The molecule has 1 N–H and O–H groups in total. The fourth-order valence-electron chi connectivity index (χ4n) is 5.61. The number of hydrogen-bond donors (Lipinski definition) is 1. The number of nitrogens with one attached hydrogen (secondary N) is 1. The highest BCUT2D eigenvalue weighted by Gasteiger charge is 2.50. The quantitative estimate of drug-likeness (QED) is 0.588. The molecule has 1 amide bonds. The van der Waals surface area contributed by atoms with Gasteiger partial charge in [0.05, 0.1) is 10.5 Å². The molecule has 35 heavy (non-hydrogen) atoms. The van der Waals surface area contributed by atoms with Crippen LogP contribution in [0, 0.1) is 22.5 Å². The van der Waals surface area contributed by atoms with Crippen molar-refractivity contribution in [3.05, 3.63) is 59.7 Å². The zero-order chi connectivity index (χ0) is 25.6. The fourth-order valence-corrected chi connectivity index (χ4v) is 6.67. The smallest absolute Gasteiger partial charge is 0.338 e. The van der Waals surface area contributed by atoms with Gasteiger partial charge >= 0.3 is 5.97 Å². The molecule has 1 saturated carbocycles. The first-order valence-corrected chi connectivity index (χ1v) is 12.8. The summed E-state index contributed by atoms with van der Waals surface area (Å²) < 4.78 is 59.1. The van der Waals surface area contributed by atoms with Crippen LogP contribution in [0.1, 0.15) is 50.4 Å². The molecule has 2 aromatic carbocycles. The lowest BCUT2D eigenvalue weighted by Crippen LogP contribution is -2.39. The predicted octanol–water partition coefficient (Wildman–Crippen LogP) is 4.35. The first kappa shape index (κ1) is 25.1. The molecular formula is C25H28F2N2O5S. The molecule has 1 saturated heterocycles. The van der Waals surface area contributed by atoms with E-state index in [-0.39, 0.29) is 34.0 Å². The average Bonchev–Trinajstić information content (AvgIpc) is 3.02. The number of rotatable bonds is 6. The van der Waals surface area contributed by atoms with E-state index in [1.807, 2.05) is 4.90 Å². The van der Waals surface area contributed by atoms with Crippen molar-refractivity contribution in [2.45, 2.75) is 51.0 Å². The first-order valence-electron chi connectivity index (χ1n) is 11.3. The highest BCUT2D eigenvalue weighted by molar-refractivity contribution is 7.92. The molecular weight excluding hydrogens is 478 g/mol. The molecule has 2 fully saturated rings. The summed E-state index contributed by atoms with van der Waals surface area (Å²) in [4.78, 5) is 26.8. The van der Waals surface area contributed by atoms with Gasteiger partial charge in [-0.15, -0.1) is 0 Å². The minimum atomic E-state index is -4.23. The van der Waals surface area contributed by atoms with Crippen LogP contribution in [0.5, 0.6) is 0 Å². The number of anilines is 1. The molecule has 1 heterocycles. The van der Waals surface area contributed by atoms with Gasteiger partial charge in [-0.25, -0.2) is 22.0 Å². The minimum absolute atomic E-state index is 0.0269. The molecule has 188 valence electrons. The van der Waals surface area contributed by atoms with E-state index in [1.54, 1.807) is 0 Å². The van der Waals surface area contributed by atoms with E-state index < -0.39 is 39.1 Å². The van der Waals surface area contributed by atoms with Crippen molar-refractivity contribution in [2.75, 3.05) is 17.9 Å². The van der Waals surface area contributed by atoms with Gasteiger partial charge in [-0.2, -0.15) is 0 Å². The minimum Gasteiger partial charge on any atom is -0.452 e. The van der Waals surface area contributed by atoms with E-state index in [0.717, 1.165) is 25.3 Å². The Morgan fingerprint density at radius 2 is 1.83 bits per heavy atom. The second-order valence-electron chi connectivity index (χ2n) is 10.6.